The molecule has 0 atom stereocenters. The van der Waals surface area contributed by atoms with Gasteiger partial charge in [-0.15, -0.1) is 0 Å². The monoisotopic (exact) mass is 500 g/mol. The summed E-state index contributed by atoms with van der Waals surface area (Å²) in [6.45, 7) is 0. The third-order valence-electron chi connectivity index (χ3n) is 4.56. The molecule has 0 radical (unpaired) electrons. The summed E-state index contributed by atoms with van der Waals surface area (Å²) in [6, 6.07) is 20.0. The SMILES string of the molecule is COc1ccc(N2C(=O)/C(=C\c3ccc(Cl)cc3Cl)N=C2c2ccccc2Br)cc1. The Hall–Kier alpha value is -2.60. The zero-order valence-corrected chi connectivity index (χ0v) is 18.9. The van der Waals surface area contributed by atoms with E-state index in [4.69, 9.17) is 27.9 Å². The Kier molecular flexibility index (Phi) is 5.95. The van der Waals surface area contributed by atoms with E-state index in [0.29, 0.717) is 32.9 Å². The number of ether oxygens (including phenoxy) is 1. The van der Waals surface area contributed by atoms with E-state index in [2.05, 4.69) is 20.9 Å². The molecule has 150 valence electrons. The van der Waals surface area contributed by atoms with Crippen LogP contribution in [0.15, 0.2) is 81.9 Å². The highest BCUT2D eigenvalue weighted by molar-refractivity contribution is 9.10. The molecule has 4 rings (SSSR count). The number of hydrogen-bond acceptors (Lipinski definition) is 3. The van der Waals surface area contributed by atoms with Crippen molar-refractivity contribution in [1.29, 1.82) is 0 Å². The Labute approximate surface area is 192 Å². The molecule has 7 heteroatoms. The van der Waals surface area contributed by atoms with E-state index in [1.165, 1.54) is 0 Å². The highest BCUT2D eigenvalue weighted by Crippen LogP contribution is 2.32. The van der Waals surface area contributed by atoms with Crippen LogP contribution < -0.4 is 9.64 Å². The number of hydrogen-bond donors (Lipinski definition) is 0. The first kappa shape index (κ1) is 20.7. The average molecular weight is 502 g/mol. The maximum Gasteiger partial charge on any atom is 0.282 e. The summed E-state index contributed by atoms with van der Waals surface area (Å²) in [7, 11) is 1.60. The van der Waals surface area contributed by atoms with Gasteiger partial charge in [0, 0.05) is 20.1 Å². The summed E-state index contributed by atoms with van der Waals surface area (Å²) in [5.74, 6) is 0.972. The van der Waals surface area contributed by atoms with Crippen molar-refractivity contribution in [1.82, 2.24) is 0 Å². The lowest BCUT2D eigenvalue weighted by atomic mass is 10.1. The maximum absolute atomic E-state index is 13.4. The molecule has 0 fully saturated rings. The Morgan fingerprint density at radius 3 is 2.43 bits per heavy atom. The van der Waals surface area contributed by atoms with E-state index in [-0.39, 0.29) is 11.6 Å². The minimum atomic E-state index is -0.253. The van der Waals surface area contributed by atoms with Crippen LogP contribution in [0.2, 0.25) is 10.0 Å². The second-order valence-electron chi connectivity index (χ2n) is 6.45. The van der Waals surface area contributed by atoms with E-state index >= 15 is 0 Å². The Bertz CT molecular complexity index is 1190. The molecule has 0 N–H and O–H groups in total. The van der Waals surface area contributed by atoms with Crippen molar-refractivity contribution < 1.29 is 9.53 Å². The van der Waals surface area contributed by atoms with Gasteiger partial charge in [0.15, 0.2) is 0 Å². The molecular weight excluding hydrogens is 487 g/mol. The lowest BCUT2D eigenvalue weighted by molar-refractivity contribution is -0.113. The molecule has 0 aliphatic carbocycles. The van der Waals surface area contributed by atoms with Crippen LogP contribution in [0, 0.1) is 0 Å². The van der Waals surface area contributed by atoms with Gasteiger partial charge in [-0.05, 0) is 54.1 Å². The van der Waals surface area contributed by atoms with Crippen molar-refractivity contribution in [3.05, 3.63) is 98.1 Å². The molecule has 0 aromatic heterocycles. The summed E-state index contributed by atoms with van der Waals surface area (Å²) < 4.78 is 6.07. The van der Waals surface area contributed by atoms with E-state index in [0.717, 1.165) is 10.0 Å². The van der Waals surface area contributed by atoms with Crippen molar-refractivity contribution in [2.24, 2.45) is 4.99 Å². The van der Waals surface area contributed by atoms with Crippen LogP contribution in [0.3, 0.4) is 0 Å². The first-order valence-corrected chi connectivity index (χ1v) is 10.5. The van der Waals surface area contributed by atoms with E-state index in [1.807, 2.05) is 36.4 Å². The second-order valence-corrected chi connectivity index (χ2v) is 8.15. The molecule has 1 aliphatic heterocycles. The molecule has 0 saturated heterocycles. The molecule has 1 aliphatic rings. The van der Waals surface area contributed by atoms with E-state index < -0.39 is 0 Å². The summed E-state index contributed by atoms with van der Waals surface area (Å²) >= 11 is 15.8. The number of carbonyl (C=O) groups is 1. The number of benzene rings is 3. The highest BCUT2D eigenvalue weighted by atomic mass is 79.9. The smallest absolute Gasteiger partial charge is 0.282 e. The minimum absolute atomic E-state index is 0.253. The summed E-state index contributed by atoms with van der Waals surface area (Å²) in [6.07, 6.45) is 1.67. The largest absolute Gasteiger partial charge is 0.497 e. The average Bonchev–Trinajstić information content (AvgIpc) is 3.06. The van der Waals surface area contributed by atoms with Gasteiger partial charge in [-0.2, -0.15) is 0 Å². The molecule has 3 aromatic rings. The number of rotatable bonds is 4. The molecule has 3 aromatic carbocycles. The van der Waals surface area contributed by atoms with Gasteiger partial charge in [-0.25, -0.2) is 4.99 Å². The minimum Gasteiger partial charge on any atom is -0.497 e. The Morgan fingerprint density at radius 2 is 1.77 bits per heavy atom. The number of halogens is 3. The van der Waals surface area contributed by atoms with Crippen LogP contribution >= 0.6 is 39.1 Å². The van der Waals surface area contributed by atoms with Crippen LogP contribution in [0.4, 0.5) is 5.69 Å². The normalized spacial score (nSPS) is 14.9. The van der Waals surface area contributed by atoms with E-state index in [1.54, 1.807) is 48.4 Å². The third-order valence-corrected chi connectivity index (χ3v) is 5.81. The molecule has 0 unspecified atom stereocenters. The van der Waals surface area contributed by atoms with Gasteiger partial charge in [0.2, 0.25) is 0 Å². The first-order valence-electron chi connectivity index (χ1n) is 8.97. The number of nitrogens with zero attached hydrogens (tertiary/aromatic N) is 2. The number of methoxy groups -OCH3 is 1. The summed E-state index contributed by atoms with van der Waals surface area (Å²) in [4.78, 5) is 19.6. The fourth-order valence-corrected chi connectivity index (χ4v) is 4.00. The highest BCUT2D eigenvalue weighted by Gasteiger charge is 2.33. The van der Waals surface area contributed by atoms with Crippen molar-refractivity contribution in [2.75, 3.05) is 12.0 Å². The van der Waals surface area contributed by atoms with E-state index in [9.17, 15) is 4.79 Å². The quantitative estimate of drug-likeness (QED) is 0.378. The number of aliphatic imine (C=N–C) groups is 1. The molecule has 0 spiro atoms. The predicted octanol–water partition coefficient (Wildman–Crippen LogP) is 6.60. The standard InChI is InChI=1S/C23H15BrCl2N2O2/c1-30-17-10-8-16(9-11-17)28-22(18-4-2-3-5-19(18)24)27-21(23(28)29)12-14-6-7-15(25)13-20(14)26/h2-13H,1H3/b21-12+. The van der Waals surface area contributed by atoms with Gasteiger partial charge >= 0.3 is 0 Å². The first-order chi connectivity index (χ1) is 14.5. The Morgan fingerprint density at radius 1 is 1.03 bits per heavy atom. The number of anilines is 1. The molecule has 0 saturated carbocycles. The summed E-state index contributed by atoms with van der Waals surface area (Å²) in [5.41, 5.74) is 2.42. The molecule has 0 bridgehead atoms. The molecule has 1 heterocycles. The molecule has 1 amide bonds. The van der Waals surface area contributed by atoms with Crippen LogP contribution in [-0.4, -0.2) is 18.9 Å². The molecular formula is C23H15BrCl2N2O2. The number of amidine groups is 1. The van der Waals surface area contributed by atoms with Crippen molar-refractivity contribution in [3.8, 4) is 5.75 Å². The Balaban J connectivity index is 1.84. The van der Waals surface area contributed by atoms with Crippen molar-refractivity contribution in [3.63, 3.8) is 0 Å². The zero-order chi connectivity index (χ0) is 21.3. The van der Waals surface area contributed by atoms with Crippen molar-refractivity contribution in [2.45, 2.75) is 0 Å². The van der Waals surface area contributed by atoms with Gasteiger partial charge in [-0.1, -0.05) is 63.4 Å². The lowest BCUT2D eigenvalue weighted by Crippen LogP contribution is -2.32. The fraction of sp³-hybridized carbons (Fsp3) is 0.0435. The topological polar surface area (TPSA) is 41.9 Å². The molecule has 30 heavy (non-hydrogen) atoms. The number of amides is 1. The second kappa shape index (κ2) is 8.64. The fourth-order valence-electron chi connectivity index (χ4n) is 3.08. The van der Waals surface area contributed by atoms with Gasteiger partial charge in [0.1, 0.15) is 17.3 Å². The number of carbonyl (C=O) groups excluding carboxylic acids is 1. The van der Waals surface area contributed by atoms with Gasteiger partial charge in [0.05, 0.1) is 12.8 Å². The van der Waals surface area contributed by atoms with Crippen LogP contribution in [0.5, 0.6) is 5.75 Å². The van der Waals surface area contributed by atoms with Gasteiger partial charge in [0.25, 0.3) is 5.91 Å². The van der Waals surface area contributed by atoms with Gasteiger partial charge in [-0.3, -0.25) is 9.69 Å². The lowest BCUT2D eigenvalue weighted by Gasteiger charge is -2.19. The van der Waals surface area contributed by atoms with Crippen LogP contribution in [-0.2, 0) is 4.79 Å². The third kappa shape index (κ3) is 4.01. The van der Waals surface area contributed by atoms with Crippen LogP contribution in [0.25, 0.3) is 6.08 Å². The predicted molar refractivity (Wildman–Crippen MR) is 126 cm³/mol. The maximum atomic E-state index is 13.4. The van der Waals surface area contributed by atoms with Crippen LogP contribution in [0.1, 0.15) is 11.1 Å². The zero-order valence-electron chi connectivity index (χ0n) is 15.8. The molecule has 4 nitrogen and oxygen atoms in total. The summed E-state index contributed by atoms with van der Waals surface area (Å²) in [5, 5.41) is 0.973. The van der Waals surface area contributed by atoms with Gasteiger partial charge < -0.3 is 4.74 Å². The van der Waals surface area contributed by atoms with Crippen molar-refractivity contribution >= 4 is 62.6 Å².